The van der Waals surface area contributed by atoms with Crippen molar-refractivity contribution < 1.29 is 0 Å². The van der Waals surface area contributed by atoms with Crippen LogP contribution in [-0.4, -0.2) is 27.4 Å². The lowest BCUT2D eigenvalue weighted by Crippen LogP contribution is -2.37. The van der Waals surface area contributed by atoms with Crippen molar-refractivity contribution in [3.8, 4) is 0 Å². The molecule has 0 spiro atoms. The second-order valence-electron chi connectivity index (χ2n) is 4.28. The third-order valence-electron chi connectivity index (χ3n) is 2.72. The number of nitrogens with one attached hydrogen (secondary N) is 1. The zero-order valence-electron chi connectivity index (χ0n) is 9.40. The summed E-state index contributed by atoms with van der Waals surface area (Å²) in [6, 6.07) is 0.537. The van der Waals surface area contributed by atoms with Gasteiger partial charge in [-0.05, 0) is 20.3 Å². The molecule has 0 amide bonds. The SMILES string of the molecule is CC(C)=CCN[C@@H]1CCc2ncnn2C1. The first-order valence-electron chi connectivity index (χ1n) is 5.49. The van der Waals surface area contributed by atoms with Crippen LogP contribution in [0.5, 0.6) is 0 Å². The molecule has 0 aromatic carbocycles. The Morgan fingerprint density at radius 3 is 3.33 bits per heavy atom. The maximum atomic E-state index is 4.21. The van der Waals surface area contributed by atoms with Crippen molar-refractivity contribution in [2.24, 2.45) is 0 Å². The van der Waals surface area contributed by atoms with E-state index in [1.807, 2.05) is 4.68 Å². The number of aryl methyl sites for hydroxylation is 1. The average molecular weight is 206 g/mol. The lowest BCUT2D eigenvalue weighted by Gasteiger charge is -2.23. The smallest absolute Gasteiger partial charge is 0.138 e. The van der Waals surface area contributed by atoms with Crippen LogP contribution in [0.15, 0.2) is 18.0 Å². The molecule has 0 aliphatic carbocycles. The molecule has 0 saturated carbocycles. The standard InChI is InChI=1S/C11H18N4/c1-9(2)5-6-12-10-3-4-11-13-8-14-15(11)7-10/h5,8,10,12H,3-4,6-7H2,1-2H3/t10-/m1/s1. The fraction of sp³-hybridized carbons (Fsp3) is 0.636. The zero-order chi connectivity index (χ0) is 10.7. The van der Waals surface area contributed by atoms with Crippen LogP contribution >= 0.6 is 0 Å². The van der Waals surface area contributed by atoms with E-state index in [0.29, 0.717) is 6.04 Å². The van der Waals surface area contributed by atoms with Crippen molar-refractivity contribution in [2.75, 3.05) is 6.54 Å². The number of allylic oxidation sites excluding steroid dienone is 1. The van der Waals surface area contributed by atoms with E-state index in [-0.39, 0.29) is 0 Å². The van der Waals surface area contributed by atoms with E-state index in [2.05, 4.69) is 35.3 Å². The van der Waals surface area contributed by atoms with E-state index < -0.39 is 0 Å². The average Bonchev–Trinajstić information content (AvgIpc) is 2.64. The molecular weight excluding hydrogens is 188 g/mol. The Hall–Kier alpha value is -1.16. The molecule has 1 aliphatic heterocycles. The van der Waals surface area contributed by atoms with Gasteiger partial charge < -0.3 is 5.32 Å². The van der Waals surface area contributed by atoms with Crippen molar-refractivity contribution in [2.45, 2.75) is 39.3 Å². The highest BCUT2D eigenvalue weighted by molar-refractivity contribution is 4.96. The summed E-state index contributed by atoms with van der Waals surface area (Å²) in [7, 11) is 0. The molecule has 1 atom stereocenters. The largest absolute Gasteiger partial charge is 0.309 e. The predicted octanol–water partition coefficient (Wildman–Crippen LogP) is 1.15. The van der Waals surface area contributed by atoms with Crippen LogP contribution in [0, 0.1) is 0 Å². The van der Waals surface area contributed by atoms with Crippen molar-refractivity contribution in [1.29, 1.82) is 0 Å². The van der Waals surface area contributed by atoms with Crippen molar-refractivity contribution in [3.63, 3.8) is 0 Å². The van der Waals surface area contributed by atoms with Gasteiger partial charge in [-0.15, -0.1) is 0 Å². The summed E-state index contributed by atoms with van der Waals surface area (Å²) >= 11 is 0. The third-order valence-corrected chi connectivity index (χ3v) is 2.72. The minimum atomic E-state index is 0.537. The zero-order valence-corrected chi connectivity index (χ0v) is 9.40. The van der Waals surface area contributed by atoms with Gasteiger partial charge in [0.2, 0.25) is 0 Å². The first-order valence-corrected chi connectivity index (χ1v) is 5.49. The van der Waals surface area contributed by atoms with Gasteiger partial charge in [0.1, 0.15) is 12.2 Å². The number of hydrogen-bond donors (Lipinski definition) is 1. The Kier molecular flexibility index (Phi) is 3.16. The molecular formula is C11H18N4. The van der Waals surface area contributed by atoms with Gasteiger partial charge in [-0.1, -0.05) is 11.6 Å². The maximum Gasteiger partial charge on any atom is 0.138 e. The first-order chi connectivity index (χ1) is 7.25. The van der Waals surface area contributed by atoms with E-state index >= 15 is 0 Å². The number of rotatable bonds is 3. The fourth-order valence-corrected chi connectivity index (χ4v) is 1.83. The quantitative estimate of drug-likeness (QED) is 0.754. The normalized spacial score (nSPS) is 19.7. The highest BCUT2D eigenvalue weighted by Crippen LogP contribution is 2.10. The van der Waals surface area contributed by atoms with Crippen LogP contribution in [0.3, 0.4) is 0 Å². The molecule has 0 unspecified atom stereocenters. The maximum absolute atomic E-state index is 4.21. The second-order valence-corrected chi connectivity index (χ2v) is 4.28. The van der Waals surface area contributed by atoms with Crippen LogP contribution in [-0.2, 0) is 13.0 Å². The summed E-state index contributed by atoms with van der Waals surface area (Å²) in [6.07, 6.45) is 6.06. The summed E-state index contributed by atoms with van der Waals surface area (Å²) in [4.78, 5) is 4.21. The molecule has 2 heterocycles. The molecule has 0 saturated heterocycles. The highest BCUT2D eigenvalue weighted by Gasteiger charge is 2.18. The number of hydrogen-bond acceptors (Lipinski definition) is 3. The van der Waals surface area contributed by atoms with Gasteiger partial charge in [0.05, 0.1) is 6.54 Å². The van der Waals surface area contributed by atoms with Gasteiger partial charge in [-0.25, -0.2) is 9.67 Å². The summed E-state index contributed by atoms with van der Waals surface area (Å²) in [5.74, 6) is 1.12. The molecule has 1 aromatic rings. The Labute approximate surface area is 90.4 Å². The van der Waals surface area contributed by atoms with Crippen molar-refractivity contribution in [3.05, 3.63) is 23.8 Å². The molecule has 82 valence electrons. The molecule has 1 aromatic heterocycles. The Balaban J connectivity index is 1.85. The Morgan fingerprint density at radius 1 is 1.67 bits per heavy atom. The van der Waals surface area contributed by atoms with Gasteiger partial charge in [0.25, 0.3) is 0 Å². The Morgan fingerprint density at radius 2 is 2.53 bits per heavy atom. The van der Waals surface area contributed by atoms with Crippen molar-refractivity contribution >= 4 is 0 Å². The number of nitrogens with zero attached hydrogens (tertiary/aromatic N) is 3. The van der Waals surface area contributed by atoms with Gasteiger partial charge in [-0.2, -0.15) is 5.10 Å². The van der Waals surface area contributed by atoms with Gasteiger partial charge in [-0.3, -0.25) is 0 Å². The fourth-order valence-electron chi connectivity index (χ4n) is 1.83. The molecule has 0 bridgehead atoms. The lowest BCUT2D eigenvalue weighted by molar-refractivity contribution is 0.369. The summed E-state index contributed by atoms with van der Waals surface area (Å²) in [5.41, 5.74) is 1.36. The third kappa shape index (κ3) is 2.65. The van der Waals surface area contributed by atoms with Crippen LogP contribution in [0.4, 0.5) is 0 Å². The topological polar surface area (TPSA) is 42.7 Å². The van der Waals surface area contributed by atoms with Crippen LogP contribution in [0.25, 0.3) is 0 Å². The predicted molar refractivity (Wildman–Crippen MR) is 59.6 cm³/mol. The highest BCUT2D eigenvalue weighted by atomic mass is 15.3. The number of fused-ring (bicyclic) bond motifs is 1. The van der Waals surface area contributed by atoms with Crippen molar-refractivity contribution in [1.82, 2.24) is 20.1 Å². The second kappa shape index (κ2) is 4.57. The monoisotopic (exact) mass is 206 g/mol. The van der Waals surface area contributed by atoms with E-state index in [1.54, 1.807) is 6.33 Å². The van der Waals surface area contributed by atoms with E-state index in [0.717, 1.165) is 31.8 Å². The summed E-state index contributed by atoms with van der Waals surface area (Å²) in [5, 5.41) is 7.72. The van der Waals surface area contributed by atoms with Gasteiger partial charge >= 0.3 is 0 Å². The summed E-state index contributed by atoms with van der Waals surface area (Å²) in [6.45, 7) is 6.15. The van der Waals surface area contributed by atoms with Crippen LogP contribution in [0.2, 0.25) is 0 Å². The van der Waals surface area contributed by atoms with Gasteiger partial charge in [0.15, 0.2) is 0 Å². The summed E-state index contributed by atoms with van der Waals surface area (Å²) < 4.78 is 2.00. The molecule has 1 N–H and O–H groups in total. The van der Waals surface area contributed by atoms with Crippen LogP contribution in [0.1, 0.15) is 26.1 Å². The van der Waals surface area contributed by atoms with E-state index in [4.69, 9.17) is 0 Å². The molecule has 15 heavy (non-hydrogen) atoms. The lowest BCUT2D eigenvalue weighted by atomic mass is 10.1. The minimum absolute atomic E-state index is 0.537. The molecule has 0 fully saturated rings. The Bertz CT molecular complexity index is 349. The molecule has 1 aliphatic rings. The van der Waals surface area contributed by atoms with Crippen LogP contribution < -0.4 is 5.32 Å². The molecule has 0 radical (unpaired) electrons. The first kappa shape index (κ1) is 10.4. The molecule has 4 heteroatoms. The van der Waals surface area contributed by atoms with E-state index in [1.165, 1.54) is 5.57 Å². The van der Waals surface area contributed by atoms with E-state index in [9.17, 15) is 0 Å². The van der Waals surface area contributed by atoms with Gasteiger partial charge in [0, 0.05) is 19.0 Å². The molecule has 4 nitrogen and oxygen atoms in total. The molecule has 2 rings (SSSR count). The minimum Gasteiger partial charge on any atom is -0.309 e. The number of aromatic nitrogens is 3.